The molecule has 0 saturated heterocycles. The standard InChI is InChI=1S/C14H25N3/c1-7-15-9-11(2)8-12-10-17(6)16-13(12)14(3,4)5/h8,10,15H,7,9H2,1-6H3. The van der Waals surface area contributed by atoms with E-state index in [-0.39, 0.29) is 5.41 Å². The topological polar surface area (TPSA) is 29.9 Å². The quantitative estimate of drug-likeness (QED) is 0.869. The maximum atomic E-state index is 4.57. The molecular weight excluding hydrogens is 210 g/mol. The summed E-state index contributed by atoms with van der Waals surface area (Å²) in [4.78, 5) is 0. The number of hydrogen-bond acceptors (Lipinski definition) is 2. The molecule has 3 nitrogen and oxygen atoms in total. The number of rotatable bonds is 4. The number of hydrogen-bond donors (Lipinski definition) is 1. The highest BCUT2D eigenvalue weighted by Gasteiger charge is 2.20. The van der Waals surface area contributed by atoms with Crippen molar-refractivity contribution in [3.63, 3.8) is 0 Å². The predicted octanol–water partition coefficient (Wildman–Crippen LogP) is 2.73. The molecule has 0 amide bonds. The summed E-state index contributed by atoms with van der Waals surface area (Å²) in [5.74, 6) is 0. The van der Waals surface area contributed by atoms with Crippen LogP contribution in [0.25, 0.3) is 6.08 Å². The Bertz CT molecular complexity index is 394. The third kappa shape index (κ3) is 4.00. The summed E-state index contributed by atoms with van der Waals surface area (Å²) < 4.78 is 1.90. The lowest BCUT2D eigenvalue weighted by Crippen LogP contribution is -2.16. The molecule has 0 spiro atoms. The molecular formula is C14H25N3. The Kier molecular flexibility index (Phi) is 4.52. The Morgan fingerprint density at radius 1 is 1.47 bits per heavy atom. The minimum Gasteiger partial charge on any atom is -0.313 e. The van der Waals surface area contributed by atoms with Gasteiger partial charge in [0, 0.05) is 30.8 Å². The molecule has 1 heterocycles. The molecule has 0 atom stereocenters. The molecule has 0 aliphatic carbocycles. The summed E-state index contributed by atoms with van der Waals surface area (Å²) >= 11 is 0. The van der Waals surface area contributed by atoms with Crippen molar-refractivity contribution in [2.24, 2.45) is 7.05 Å². The minimum absolute atomic E-state index is 0.0888. The highest BCUT2D eigenvalue weighted by atomic mass is 15.3. The van der Waals surface area contributed by atoms with E-state index in [4.69, 9.17) is 0 Å². The molecule has 0 saturated carbocycles. The number of nitrogens with zero attached hydrogens (tertiary/aromatic N) is 2. The van der Waals surface area contributed by atoms with Gasteiger partial charge in [-0.3, -0.25) is 4.68 Å². The van der Waals surface area contributed by atoms with Crippen LogP contribution in [0.5, 0.6) is 0 Å². The second kappa shape index (κ2) is 5.50. The maximum absolute atomic E-state index is 4.57. The Hall–Kier alpha value is -1.09. The van der Waals surface area contributed by atoms with Gasteiger partial charge in [-0.25, -0.2) is 0 Å². The third-order valence-electron chi connectivity index (χ3n) is 2.62. The van der Waals surface area contributed by atoms with E-state index in [1.165, 1.54) is 11.1 Å². The van der Waals surface area contributed by atoms with Crippen molar-refractivity contribution in [3.05, 3.63) is 23.0 Å². The van der Waals surface area contributed by atoms with Gasteiger partial charge in [0.25, 0.3) is 0 Å². The molecule has 0 aromatic carbocycles. The molecule has 1 aromatic heterocycles. The first-order chi connectivity index (χ1) is 7.84. The molecule has 1 aromatic rings. The SMILES string of the molecule is CCNCC(C)=Cc1cn(C)nc1C(C)(C)C. The van der Waals surface area contributed by atoms with Gasteiger partial charge in [0.2, 0.25) is 0 Å². The average molecular weight is 235 g/mol. The Labute approximate surface area is 105 Å². The van der Waals surface area contributed by atoms with E-state index < -0.39 is 0 Å². The van der Waals surface area contributed by atoms with E-state index in [1.54, 1.807) is 0 Å². The van der Waals surface area contributed by atoms with Crippen molar-refractivity contribution < 1.29 is 0 Å². The third-order valence-corrected chi connectivity index (χ3v) is 2.62. The van der Waals surface area contributed by atoms with Gasteiger partial charge in [0.15, 0.2) is 0 Å². The lowest BCUT2D eigenvalue weighted by Gasteiger charge is -2.16. The van der Waals surface area contributed by atoms with Crippen LogP contribution >= 0.6 is 0 Å². The average Bonchev–Trinajstić information content (AvgIpc) is 2.56. The fourth-order valence-electron chi connectivity index (χ4n) is 1.83. The van der Waals surface area contributed by atoms with Gasteiger partial charge in [-0.05, 0) is 13.5 Å². The van der Waals surface area contributed by atoms with Crippen LogP contribution in [0.1, 0.15) is 45.9 Å². The minimum atomic E-state index is 0.0888. The predicted molar refractivity (Wildman–Crippen MR) is 74.1 cm³/mol. The van der Waals surface area contributed by atoms with Crippen LogP contribution in [-0.4, -0.2) is 22.9 Å². The summed E-state index contributed by atoms with van der Waals surface area (Å²) in [5, 5.41) is 7.90. The van der Waals surface area contributed by atoms with Crippen molar-refractivity contribution in [3.8, 4) is 0 Å². The molecule has 0 aliphatic rings. The van der Waals surface area contributed by atoms with Crippen LogP contribution in [0.2, 0.25) is 0 Å². The summed E-state index contributed by atoms with van der Waals surface area (Å²) in [7, 11) is 1.98. The van der Waals surface area contributed by atoms with Gasteiger partial charge in [-0.2, -0.15) is 5.10 Å². The number of nitrogens with one attached hydrogen (secondary N) is 1. The van der Waals surface area contributed by atoms with Crippen LogP contribution < -0.4 is 5.32 Å². The molecule has 0 bridgehead atoms. The second-order valence-corrected chi connectivity index (χ2v) is 5.63. The number of likely N-dealkylation sites (N-methyl/N-ethyl adjacent to an activating group) is 1. The lowest BCUT2D eigenvalue weighted by atomic mass is 9.89. The molecule has 0 radical (unpaired) electrons. The van der Waals surface area contributed by atoms with Gasteiger partial charge < -0.3 is 5.32 Å². The Balaban J connectivity index is 2.98. The number of aromatic nitrogens is 2. The normalized spacial score (nSPS) is 13.2. The lowest BCUT2D eigenvalue weighted by molar-refractivity contribution is 0.552. The van der Waals surface area contributed by atoms with E-state index >= 15 is 0 Å². The summed E-state index contributed by atoms with van der Waals surface area (Å²) in [6.07, 6.45) is 4.33. The van der Waals surface area contributed by atoms with Crippen LogP contribution in [0, 0.1) is 0 Å². The molecule has 0 unspecified atom stereocenters. The fraction of sp³-hybridized carbons (Fsp3) is 0.643. The smallest absolute Gasteiger partial charge is 0.0750 e. The van der Waals surface area contributed by atoms with Crippen molar-refractivity contribution in [1.82, 2.24) is 15.1 Å². The molecule has 1 N–H and O–H groups in total. The highest BCUT2D eigenvalue weighted by molar-refractivity contribution is 5.55. The molecule has 1 rings (SSSR count). The monoisotopic (exact) mass is 235 g/mol. The first-order valence-electron chi connectivity index (χ1n) is 6.26. The zero-order valence-corrected chi connectivity index (χ0v) is 12.0. The van der Waals surface area contributed by atoms with E-state index in [1.807, 2.05) is 11.7 Å². The molecule has 96 valence electrons. The second-order valence-electron chi connectivity index (χ2n) is 5.63. The van der Waals surface area contributed by atoms with Gasteiger partial charge in [0.1, 0.15) is 0 Å². The van der Waals surface area contributed by atoms with Crippen molar-refractivity contribution in [2.75, 3.05) is 13.1 Å². The highest BCUT2D eigenvalue weighted by Crippen LogP contribution is 2.25. The maximum Gasteiger partial charge on any atom is 0.0750 e. The zero-order valence-electron chi connectivity index (χ0n) is 12.0. The first-order valence-corrected chi connectivity index (χ1v) is 6.26. The van der Waals surface area contributed by atoms with Crippen molar-refractivity contribution in [2.45, 2.75) is 40.0 Å². The number of aryl methyl sites for hydroxylation is 1. The summed E-state index contributed by atoms with van der Waals surface area (Å²) in [5.41, 5.74) is 3.82. The van der Waals surface area contributed by atoms with Gasteiger partial charge in [-0.1, -0.05) is 39.3 Å². The van der Waals surface area contributed by atoms with Gasteiger partial charge in [0.05, 0.1) is 5.69 Å². The summed E-state index contributed by atoms with van der Waals surface area (Å²) in [6.45, 7) is 12.8. The van der Waals surface area contributed by atoms with Crippen molar-refractivity contribution in [1.29, 1.82) is 0 Å². The van der Waals surface area contributed by atoms with Gasteiger partial charge >= 0.3 is 0 Å². The van der Waals surface area contributed by atoms with E-state index in [0.717, 1.165) is 18.8 Å². The molecule has 0 aliphatic heterocycles. The van der Waals surface area contributed by atoms with E-state index in [0.29, 0.717) is 0 Å². The molecule has 17 heavy (non-hydrogen) atoms. The van der Waals surface area contributed by atoms with Crippen LogP contribution in [-0.2, 0) is 12.5 Å². The zero-order chi connectivity index (χ0) is 13.1. The van der Waals surface area contributed by atoms with E-state index in [2.05, 4.69) is 57.3 Å². The first kappa shape index (κ1) is 14.0. The van der Waals surface area contributed by atoms with Crippen LogP contribution in [0.15, 0.2) is 11.8 Å². The molecule has 3 heteroatoms. The summed E-state index contributed by atoms with van der Waals surface area (Å²) in [6, 6.07) is 0. The Morgan fingerprint density at radius 2 is 2.12 bits per heavy atom. The Morgan fingerprint density at radius 3 is 2.65 bits per heavy atom. The van der Waals surface area contributed by atoms with Crippen LogP contribution in [0.3, 0.4) is 0 Å². The van der Waals surface area contributed by atoms with Crippen molar-refractivity contribution >= 4 is 6.08 Å². The van der Waals surface area contributed by atoms with Crippen LogP contribution in [0.4, 0.5) is 0 Å². The fourth-order valence-corrected chi connectivity index (χ4v) is 1.83. The molecule has 0 fully saturated rings. The van der Waals surface area contributed by atoms with E-state index in [9.17, 15) is 0 Å². The largest absolute Gasteiger partial charge is 0.313 e. The van der Waals surface area contributed by atoms with Gasteiger partial charge in [-0.15, -0.1) is 0 Å².